The maximum atomic E-state index is 11.9. The van der Waals surface area contributed by atoms with Crippen LogP contribution in [0.5, 0.6) is 0 Å². The minimum atomic E-state index is -0.701. The van der Waals surface area contributed by atoms with E-state index in [0.717, 1.165) is 32.2 Å². The number of amides is 1. The Morgan fingerprint density at radius 1 is 1.33 bits per heavy atom. The SMILES string of the molecule is N#CC1(C(=O)NCC2CC2)CCCCC1. The average Bonchev–Trinajstić information content (AvgIpc) is 3.10. The predicted octanol–water partition coefficient (Wildman–Crippen LogP) is 1.99. The average molecular weight is 206 g/mol. The second-order valence-corrected chi connectivity index (χ2v) is 4.91. The van der Waals surface area contributed by atoms with Crippen molar-refractivity contribution in [2.24, 2.45) is 11.3 Å². The molecule has 82 valence electrons. The van der Waals surface area contributed by atoms with Gasteiger partial charge in [0.25, 0.3) is 0 Å². The van der Waals surface area contributed by atoms with E-state index in [1.807, 2.05) is 0 Å². The molecule has 0 atom stereocenters. The van der Waals surface area contributed by atoms with E-state index in [1.165, 1.54) is 19.3 Å². The molecule has 0 aliphatic heterocycles. The summed E-state index contributed by atoms with van der Waals surface area (Å²) in [4.78, 5) is 11.9. The number of carbonyl (C=O) groups is 1. The molecule has 2 fully saturated rings. The lowest BCUT2D eigenvalue weighted by atomic mass is 9.74. The Morgan fingerprint density at radius 3 is 2.53 bits per heavy atom. The third-order valence-corrected chi connectivity index (χ3v) is 3.60. The fourth-order valence-corrected chi connectivity index (χ4v) is 2.27. The molecule has 2 aliphatic rings. The Hall–Kier alpha value is -1.04. The molecule has 15 heavy (non-hydrogen) atoms. The van der Waals surface area contributed by atoms with E-state index in [-0.39, 0.29) is 5.91 Å². The van der Waals surface area contributed by atoms with Crippen molar-refractivity contribution in [3.63, 3.8) is 0 Å². The van der Waals surface area contributed by atoms with Crippen LogP contribution >= 0.6 is 0 Å². The number of rotatable bonds is 3. The lowest BCUT2D eigenvalue weighted by Gasteiger charge is -2.29. The normalized spacial score (nSPS) is 24.2. The van der Waals surface area contributed by atoms with Gasteiger partial charge in [-0.25, -0.2) is 0 Å². The van der Waals surface area contributed by atoms with Crippen molar-refractivity contribution in [2.45, 2.75) is 44.9 Å². The van der Waals surface area contributed by atoms with E-state index < -0.39 is 5.41 Å². The van der Waals surface area contributed by atoms with E-state index >= 15 is 0 Å². The third-order valence-electron chi connectivity index (χ3n) is 3.60. The van der Waals surface area contributed by atoms with Crippen molar-refractivity contribution in [1.29, 1.82) is 5.26 Å². The lowest BCUT2D eigenvalue weighted by molar-refractivity contribution is -0.129. The highest BCUT2D eigenvalue weighted by atomic mass is 16.2. The number of carbonyl (C=O) groups excluding carboxylic acids is 1. The maximum Gasteiger partial charge on any atom is 0.240 e. The van der Waals surface area contributed by atoms with Gasteiger partial charge in [0, 0.05) is 6.54 Å². The molecule has 0 radical (unpaired) electrons. The van der Waals surface area contributed by atoms with Gasteiger partial charge in [0.15, 0.2) is 0 Å². The van der Waals surface area contributed by atoms with Crippen LogP contribution in [-0.2, 0) is 4.79 Å². The molecular formula is C12H18N2O. The van der Waals surface area contributed by atoms with Crippen LogP contribution in [-0.4, -0.2) is 12.5 Å². The van der Waals surface area contributed by atoms with Crippen molar-refractivity contribution in [3.05, 3.63) is 0 Å². The summed E-state index contributed by atoms with van der Waals surface area (Å²) in [5.41, 5.74) is -0.701. The zero-order chi connectivity index (χ0) is 10.7. The quantitative estimate of drug-likeness (QED) is 0.767. The Labute approximate surface area is 90.8 Å². The second kappa shape index (κ2) is 4.22. The maximum absolute atomic E-state index is 11.9. The monoisotopic (exact) mass is 206 g/mol. The van der Waals surface area contributed by atoms with Gasteiger partial charge in [0.2, 0.25) is 5.91 Å². The summed E-state index contributed by atoms with van der Waals surface area (Å²) < 4.78 is 0. The van der Waals surface area contributed by atoms with Crippen LogP contribution in [0.15, 0.2) is 0 Å². The van der Waals surface area contributed by atoms with Gasteiger partial charge in [-0.2, -0.15) is 5.26 Å². The molecule has 3 nitrogen and oxygen atoms in total. The van der Waals surface area contributed by atoms with Crippen LogP contribution in [0, 0.1) is 22.7 Å². The molecule has 3 heteroatoms. The number of hydrogen-bond donors (Lipinski definition) is 1. The van der Waals surface area contributed by atoms with Crippen LogP contribution in [0.3, 0.4) is 0 Å². The molecule has 2 saturated carbocycles. The fraction of sp³-hybridized carbons (Fsp3) is 0.833. The van der Waals surface area contributed by atoms with Crippen LogP contribution < -0.4 is 5.32 Å². The second-order valence-electron chi connectivity index (χ2n) is 4.91. The summed E-state index contributed by atoms with van der Waals surface area (Å²) in [5.74, 6) is 0.671. The molecule has 0 spiro atoms. The van der Waals surface area contributed by atoms with Gasteiger partial charge in [-0.15, -0.1) is 0 Å². The fourth-order valence-electron chi connectivity index (χ4n) is 2.27. The van der Waals surface area contributed by atoms with E-state index in [2.05, 4.69) is 11.4 Å². The van der Waals surface area contributed by atoms with Gasteiger partial charge in [-0.3, -0.25) is 4.79 Å². The molecule has 0 aromatic rings. The van der Waals surface area contributed by atoms with Crippen LogP contribution in [0.1, 0.15) is 44.9 Å². The molecular weight excluding hydrogens is 188 g/mol. The molecule has 0 bridgehead atoms. The minimum absolute atomic E-state index is 0.0170. The van der Waals surface area contributed by atoms with E-state index in [4.69, 9.17) is 0 Å². The first kappa shape index (κ1) is 10.5. The summed E-state index contributed by atoms with van der Waals surface area (Å²) in [7, 11) is 0. The minimum Gasteiger partial charge on any atom is -0.354 e. The number of nitriles is 1. The van der Waals surface area contributed by atoms with Gasteiger partial charge in [0.05, 0.1) is 6.07 Å². The highest BCUT2D eigenvalue weighted by molar-refractivity contribution is 5.85. The summed E-state index contributed by atoms with van der Waals surface area (Å²) in [6.07, 6.45) is 7.17. The molecule has 1 amide bonds. The van der Waals surface area contributed by atoms with Crippen molar-refractivity contribution in [2.75, 3.05) is 6.54 Å². The van der Waals surface area contributed by atoms with E-state index in [0.29, 0.717) is 5.92 Å². The van der Waals surface area contributed by atoms with Crippen molar-refractivity contribution >= 4 is 5.91 Å². The largest absolute Gasteiger partial charge is 0.354 e. The van der Waals surface area contributed by atoms with Crippen LogP contribution in [0.2, 0.25) is 0 Å². The topological polar surface area (TPSA) is 52.9 Å². The number of hydrogen-bond acceptors (Lipinski definition) is 2. The smallest absolute Gasteiger partial charge is 0.240 e. The highest BCUT2D eigenvalue weighted by Crippen LogP contribution is 2.36. The van der Waals surface area contributed by atoms with Gasteiger partial charge < -0.3 is 5.32 Å². The molecule has 0 saturated heterocycles. The third kappa shape index (κ3) is 2.31. The molecule has 2 aliphatic carbocycles. The van der Waals surface area contributed by atoms with Crippen molar-refractivity contribution in [1.82, 2.24) is 5.32 Å². The van der Waals surface area contributed by atoms with Gasteiger partial charge in [-0.05, 0) is 31.6 Å². The molecule has 0 aromatic carbocycles. The zero-order valence-electron chi connectivity index (χ0n) is 9.09. The molecule has 0 unspecified atom stereocenters. The van der Waals surface area contributed by atoms with Crippen LogP contribution in [0.4, 0.5) is 0 Å². The van der Waals surface area contributed by atoms with E-state index in [1.54, 1.807) is 0 Å². The van der Waals surface area contributed by atoms with Crippen LogP contribution in [0.25, 0.3) is 0 Å². The Kier molecular flexibility index (Phi) is 2.95. The Bertz CT molecular complexity index is 282. The molecule has 2 rings (SSSR count). The predicted molar refractivity (Wildman–Crippen MR) is 56.9 cm³/mol. The van der Waals surface area contributed by atoms with Crippen molar-refractivity contribution in [3.8, 4) is 6.07 Å². The highest BCUT2D eigenvalue weighted by Gasteiger charge is 2.40. The standard InChI is InChI=1S/C12H18N2O/c13-9-12(6-2-1-3-7-12)11(15)14-8-10-4-5-10/h10H,1-8H2,(H,14,15). The number of nitrogens with one attached hydrogen (secondary N) is 1. The Balaban J connectivity index is 1.91. The molecule has 1 N–H and O–H groups in total. The van der Waals surface area contributed by atoms with Gasteiger partial charge >= 0.3 is 0 Å². The summed E-state index contributed by atoms with van der Waals surface area (Å²) in [5, 5.41) is 12.1. The molecule has 0 heterocycles. The summed E-state index contributed by atoms with van der Waals surface area (Å²) >= 11 is 0. The molecule has 0 aromatic heterocycles. The summed E-state index contributed by atoms with van der Waals surface area (Å²) in [6.45, 7) is 0.780. The number of nitrogens with zero attached hydrogens (tertiary/aromatic N) is 1. The Morgan fingerprint density at radius 2 is 2.00 bits per heavy atom. The lowest BCUT2D eigenvalue weighted by Crippen LogP contribution is -2.42. The zero-order valence-corrected chi connectivity index (χ0v) is 9.09. The first-order chi connectivity index (χ1) is 7.27. The summed E-state index contributed by atoms with van der Waals surface area (Å²) in [6, 6.07) is 2.25. The first-order valence-corrected chi connectivity index (χ1v) is 5.96. The van der Waals surface area contributed by atoms with Gasteiger partial charge in [-0.1, -0.05) is 19.3 Å². The van der Waals surface area contributed by atoms with Crippen molar-refractivity contribution < 1.29 is 4.79 Å². The van der Waals surface area contributed by atoms with E-state index in [9.17, 15) is 10.1 Å². The van der Waals surface area contributed by atoms with Gasteiger partial charge in [0.1, 0.15) is 5.41 Å². The first-order valence-electron chi connectivity index (χ1n) is 5.96.